The fraction of sp³-hybridized carbons (Fsp3) is 0.250. The Kier molecular flexibility index (Phi) is 6.30. The van der Waals surface area contributed by atoms with Crippen LogP contribution in [0, 0.1) is 11.3 Å². The van der Waals surface area contributed by atoms with Gasteiger partial charge in [-0.25, -0.2) is 0 Å². The highest BCUT2D eigenvalue weighted by Crippen LogP contribution is 2.18. The second kappa shape index (κ2) is 8.65. The summed E-state index contributed by atoms with van der Waals surface area (Å²) in [7, 11) is 0. The monoisotopic (exact) mass is 336 g/mol. The van der Waals surface area contributed by atoms with Crippen LogP contribution < -0.4 is 10.1 Å². The highest BCUT2D eigenvalue weighted by atomic mass is 16.5. The first kappa shape index (κ1) is 18.2. The number of amides is 1. The van der Waals surface area contributed by atoms with Gasteiger partial charge in [-0.3, -0.25) is 9.59 Å². The number of ketones is 1. The average molecular weight is 336 g/mol. The zero-order valence-electron chi connectivity index (χ0n) is 14.2. The van der Waals surface area contributed by atoms with E-state index >= 15 is 0 Å². The van der Waals surface area contributed by atoms with Crippen LogP contribution in [0.1, 0.15) is 42.2 Å². The standard InChI is InChI=1S/C20H20N2O3/c1-14(23)17-9-6-10-18(13-17)25-15(2)20(24)22-19(11-12-21)16-7-4-3-5-8-16/h3-10,13,15,19H,11H2,1-2H3,(H,22,24). The maximum Gasteiger partial charge on any atom is 0.261 e. The summed E-state index contributed by atoms with van der Waals surface area (Å²) in [6, 6.07) is 17.7. The fourth-order valence-corrected chi connectivity index (χ4v) is 2.36. The number of rotatable bonds is 7. The Morgan fingerprint density at radius 2 is 1.88 bits per heavy atom. The number of benzene rings is 2. The van der Waals surface area contributed by atoms with Gasteiger partial charge in [0, 0.05) is 5.56 Å². The largest absolute Gasteiger partial charge is 0.481 e. The molecule has 2 atom stereocenters. The van der Waals surface area contributed by atoms with E-state index in [0.717, 1.165) is 5.56 Å². The van der Waals surface area contributed by atoms with Crippen LogP contribution in [-0.2, 0) is 4.79 Å². The van der Waals surface area contributed by atoms with Crippen molar-refractivity contribution in [2.24, 2.45) is 0 Å². The van der Waals surface area contributed by atoms with Gasteiger partial charge < -0.3 is 10.1 Å². The lowest BCUT2D eigenvalue weighted by Crippen LogP contribution is -2.38. The van der Waals surface area contributed by atoms with Crippen molar-refractivity contribution < 1.29 is 14.3 Å². The Morgan fingerprint density at radius 3 is 2.52 bits per heavy atom. The van der Waals surface area contributed by atoms with E-state index in [0.29, 0.717) is 11.3 Å². The predicted molar refractivity (Wildman–Crippen MR) is 94.1 cm³/mol. The minimum atomic E-state index is -0.757. The molecule has 5 heteroatoms. The Labute approximate surface area is 147 Å². The number of ether oxygens (including phenoxy) is 1. The van der Waals surface area contributed by atoms with Gasteiger partial charge in [-0.1, -0.05) is 42.5 Å². The van der Waals surface area contributed by atoms with Crippen molar-refractivity contribution in [1.82, 2.24) is 5.32 Å². The van der Waals surface area contributed by atoms with Crippen molar-refractivity contribution in [2.75, 3.05) is 0 Å². The van der Waals surface area contributed by atoms with Gasteiger partial charge >= 0.3 is 0 Å². The lowest BCUT2D eigenvalue weighted by molar-refractivity contribution is -0.128. The summed E-state index contributed by atoms with van der Waals surface area (Å²) in [5, 5.41) is 11.8. The molecule has 0 aliphatic rings. The molecule has 0 aliphatic carbocycles. The molecule has 5 nitrogen and oxygen atoms in total. The number of carbonyl (C=O) groups is 2. The zero-order valence-corrected chi connectivity index (χ0v) is 14.2. The number of nitrogens with zero attached hydrogens (tertiary/aromatic N) is 1. The molecule has 25 heavy (non-hydrogen) atoms. The van der Waals surface area contributed by atoms with Gasteiger partial charge in [-0.05, 0) is 31.5 Å². The van der Waals surface area contributed by atoms with Gasteiger partial charge in [0.15, 0.2) is 11.9 Å². The van der Waals surface area contributed by atoms with E-state index in [1.54, 1.807) is 31.2 Å². The zero-order chi connectivity index (χ0) is 18.2. The molecule has 0 fully saturated rings. The Balaban J connectivity index is 2.05. The van der Waals surface area contributed by atoms with E-state index in [9.17, 15) is 9.59 Å². The van der Waals surface area contributed by atoms with E-state index in [2.05, 4.69) is 11.4 Å². The van der Waals surface area contributed by atoms with Crippen molar-refractivity contribution in [2.45, 2.75) is 32.4 Å². The van der Waals surface area contributed by atoms with Crippen LogP contribution in [0.15, 0.2) is 54.6 Å². The first-order chi connectivity index (χ1) is 12.0. The number of nitrogens with one attached hydrogen (secondary N) is 1. The summed E-state index contributed by atoms with van der Waals surface area (Å²) >= 11 is 0. The van der Waals surface area contributed by atoms with Gasteiger partial charge in [-0.2, -0.15) is 5.26 Å². The van der Waals surface area contributed by atoms with E-state index in [4.69, 9.17) is 10.00 Å². The molecule has 0 radical (unpaired) electrons. The molecule has 0 aliphatic heterocycles. The summed E-state index contributed by atoms with van der Waals surface area (Å²) < 4.78 is 5.63. The van der Waals surface area contributed by atoms with Crippen molar-refractivity contribution >= 4 is 11.7 Å². The number of carbonyl (C=O) groups excluding carboxylic acids is 2. The van der Waals surface area contributed by atoms with Crippen LogP contribution in [0.5, 0.6) is 5.75 Å². The Bertz CT molecular complexity index is 781. The molecule has 2 unspecified atom stereocenters. The van der Waals surface area contributed by atoms with Gasteiger partial charge in [0.25, 0.3) is 5.91 Å². The Morgan fingerprint density at radius 1 is 1.16 bits per heavy atom. The third kappa shape index (κ3) is 5.18. The molecule has 0 spiro atoms. The van der Waals surface area contributed by atoms with Crippen LogP contribution in [0.4, 0.5) is 0 Å². The molecule has 128 valence electrons. The predicted octanol–water partition coefficient (Wildman–Crippen LogP) is 3.43. The first-order valence-corrected chi connectivity index (χ1v) is 8.01. The van der Waals surface area contributed by atoms with Crippen molar-refractivity contribution in [3.63, 3.8) is 0 Å². The summed E-state index contributed by atoms with van der Waals surface area (Å²) in [5.74, 6) is 0.0601. The van der Waals surface area contributed by atoms with E-state index < -0.39 is 12.1 Å². The normalized spacial score (nSPS) is 12.5. The smallest absolute Gasteiger partial charge is 0.261 e. The van der Waals surface area contributed by atoms with Crippen molar-refractivity contribution in [3.8, 4) is 11.8 Å². The van der Waals surface area contributed by atoms with E-state index in [-0.39, 0.29) is 18.1 Å². The second-order valence-electron chi connectivity index (χ2n) is 5.68. The molecular weight excluding hydrogens is 316 g/mol. The summed E-state index contributed by atoms with van der Waals surface area (Å²) in [6.45, 7) is 3.10. The van der Waals surface area contributed by atoms with E-state index in [1.165, 1.54) is 6.92 Å². The van der Waals surface area contributed by atoms with E-state index in [1.807, 2.05) is 30.3 Å². The highest BCUT2D eigenvalue weighted by Gasteiger charge is 2.20. The second-order valence-corrected chi connectivity index (χ2v) is 5.68. The van der Waals surface area contributed by atoms with Crippen LogP contribution in [0.2, 0.25) is 0 Å². The lowest BCUT2D eigenvalue weighted by Gasteiger charge is -2.20. The van der Waals surface area contributed by atoms with Crippen LogP contribution >= 0.6 is 0 Å². The van der Waals surface area contributed by atoms with Gasteiger partial charge in [0.1, 0.15) is 5.75 Å². The topological polar surface area (TPSA) is 79.2 Å². The molecule has 1 N–H and O–H groups in total. The van der Waals surface area contributed by atoms with Gasteiger partial charge in [-0.15, -0.1) is 0 Å². The van der Waals surface area contributed by atoms with Crippen LogP contribution in [0.25, 0.3) is 0 Å². The molecule has 0 saturated heterocycles. The maximum atomic E-state index is 12.4. The third-order valence-electron chi connectivity index (χ3n) is 3.74. The summed E-state index contributed by atoms with van der Waals surface area (Å²) in [4.78, 5) is 23.8. The van der Waals surface area contributed by atoms with Gasteiger partial charge in [0.05, 0.1) is 18.5 Å². The molecule has 0 aromatic heterocycles. The number of Topliss-reactive ketones (excluding diaryl/α,β-unsaturated/α-hetero) is 1. The minimum Gasteiger partial charge on any atom is -0.481 e. The molecule has 0 saturated carbocycles. The highest BCUT2D eigenvalue weighted by molar-refractivity contribution is 5.94. The molecule has 0 heterocycles. The SMILES string of the molecule is CC(=O)c1cccc(OC(C)C(=O)NC(CC#N)c2ccccc2)c1. The minimum absolute atomic E-state index is 0.0688. The van der Waals surface area contributed by atoms with Crippen LogP contribution in [0.3, 0.4) is 0 Å². The molecule has 0 bridgehead atoms. The average Bonchev–Trinajstić information content (AvgIpc) is 2.62. The third-order valence-corrected chi connectivity index (χ3v) is 3.74. The van der Waals surface area contributed by atoms with Crippen molar-refractivity contribution in [3.05, 3.63) is 65.7 Å². The van der Waals surface area contributed by atoms with Crippen molar-refractivity contribution in [1.29, 1.82) is 5.26 Å². The number of hydrogen-bond acceptors (Lipinski definition) is 4. The first-order valence-electron chi connectivity index (χ1n) is 8.01. The maximum absolute atomic E-state index is 12.4. The Hall–Kier alpha value is -3.13. The molecule has 2 aromatic rings. The summed E-state index contributed by atoms with van der Waals surface area (Å²) in [6.07, 6.45) is -0.588. The molecule has 2 aromatic carbocycles. The molecule has 2 rings (SSSR count). The fourth-order valence-electron chi connectivity index (χ4n) is 2.36. The number of hydrogen-bond donors (Lipinski definition) is 1. The van der Waals surface area contributed by atoms with Gasteiger partial charge in [0.2, 0.25) is 0 Å². The molecular formula is C20H20N2O3. The number of nitriles is 1. The quantitative estimate of drug-likeness (QED) is 0.786. The molecule has 1 amide bonds. The van der Waals surface area contributed by atoms with Crippen LogP contribution in [-0.4, -0.2) is 17.8 Å². The lowest BCUT2D eigenvalue weighted by atomic mass is 10.0. The summed E-state index contributed by atoms with van der Waals surface area (Å²) in [5.41, 5.74) is 1.39.